The van der Waals surface area contributed by atoms with E-state index >= 15 is 0 Å². The van der Waals surface area contributed by atoms with Gasteiger partial charge >= 0.3 is 0 Å². The molecule has 0 spiro atoms. The van der Waals surface area contributed by atoms with Crippen molar-refractivity contribution < 1.29 is 9.59 Å². The zero-order valence-electron chi connectivity index (χ0n) is 16.4. The van der Waals surface area contributed by atoms with Crippen LogP contribution in [0.25, 0.3) is 0 Å². The molecule has 0 aromatic heterocycles. The Morgan fingerprint density at radius 1 is 0.400 bits per heavy atom. The number of hydrogen-bond acceptors (Lipinski definition) is 3. The van der Waals surface area contributed by atoms with Gasteiger partial charge in [0.2, 0.25) is 0 Å². The third-order valence-corrected chi connectivity index (χ3v) is 6.24. The number of rotatable bonds is 0. The fourth-order valence-electron chi connectivity index (χ4n) is 3.54. The van der Waals surface area contributed by atoms with Crippen LogP contribution in [0.15, 0.2) is 0 Å². The standard InChI is InChI=1S/C22H40O2S/c23-21-17-15-13-11-9-7-5-3-1-2-4-6-8-10-12-14-16-18-22(24)20-25-19-21/h1-20H2. The number of hydrogen-bond donors (Lipinski definition) is 0. The highest BCUT2D eigenvalue weighted by atomic mass is 32.2. The molecule has 1 fully saturated rings. The first-order valence-electron chi connectivity index (χ1n) is 10.9. The summed E-state index contributed by atoms with van der Waals surface area (Å²) in [6.45, 7) is 0. The zero-order chi connectivity index (χ0) is 18.0. The Morgan fingerprint density at radius 2 is 0.640 bits per heavy atom. The second-order valence-electron chi connectivity index (χ2n) is 7.73. The van der Waals surface area contributed by atoms with Crippen LogP contribution in [0.3, 0.4) is 0 Å². The maximum absolute atomic E-state index is 11.8. The van der Waals surface area contributed by atoms with Gasteiger partial charge in [-0.15, -0.1) is 11.8 Å². The molecule has 2 nitrogen and oxygen atoms in total. The third-order valence-electron chi connectivity index (χ3n) is 5.19. The first-order valence-corrected chi connectivity index (χ1v) is 12.1. The zero-order valence-corrected chi connectivity index (χ0v) is 17.2. The van der Waals surface area contributed by atoms with Gasteiger partial charge < -0.3 is 0 Å². The molecule has 0 aromatic carbocycles. The first-order chi connectivity index (χ1) is 12.3. The Morgan fingerprint density at radius 3 is 0.920 bits per heavy atom. The monoisotopic (exact) mass is 368 g/mol. The molecule has 0 unspecified atom stereocenters. The van der Waals surface area contributed by atoms with Gasteiger partial charge in [0.05, 0.1) is 11.5 Å². The highest BCUT2D eigenvalue weighted by Crippen LogP contribution is 2.15. The van der Waals surface area contributed by atoms with Crippen LogP contribution in [0.5, 0.6) is 0 Å². The van der Waals surface area contributed by atoms with Gasteiger partial charge in [-0.1, -0.05) is 89.9 Å². The topological polar surface area (TPSA) is 34.1 Å². The van der Waals surface area contributed by atoms with E-state index in [0.29, 0.717) is 35.9 Å². The maximum Gasteiger partial charge on any atom is 0.142 e. The van der Waals surface area contributed by atoms with Gasteiger partial charge in [0.1, 0.15) is 11.6 Å². The van der Waals surface area contributed by atoms with Crippen molar-refractivity contribution in [2.75, 3.05) is 11.5 Å². The van der Waals surface area contributed by atoms with Crippen molar-refractivity contribution in [3.8, 4) is 0 Å². The van der Waals surface area contributed by atoms with Crippen molar-refractivity contribution in [3.05, 3.63) is 0 Å². The molecule has 0 saturated carbocycles. The van der Waals surface area contributed by atoms with E-state index in [9.17, 15) is 9.59 Å². The fraction of sp³-hybridized carbons (Fsp3) is 0.909. The Labute approximate surface area is 160 Å². The highest BCUT2D eigenvalue weighted by molar-refractivity contribution is 8.00. The molecular weight excluding hydrogens is 328 g/mol. The Bertz CT molecular complexity index is 309. The van der Waals surface area contributed by atoms with Crippen LogP contribution in [-0.4, -0.2) is 23.1 Å². The lowest BCUT2D eigenvalue weighted by Gasteiger charge is -2.03. The van der Waals surface area contributed by atoms with Crippen LogP contribution < -0.4 is 0 Å². The molecule has 0 atom stereocenters. The van der Waals surface area contributed by atoms with E-state index in [1.54, 1.807) is 0 Å². The third kappa shape index (κ3) is 15.6. The number of carbonyl (C=O) groups is 2. The summed E-state index contributed by atoms with van der Waals surface area (Å²) in [5.74, 6) is 1.73. The minimum Gasteiger partial charge on any atom is -0.299 e. The molecule has 146 valence electrons. The average Bonchev–Trinajstić information content (AvgIpc) is 2.60. The van der Waals surface area contributed by atoms with Gasteiger partial charge in [0.15, 0.2) is 0 Å². The molecule has 25 heavy (non-hydrogen) atoms. The maximum atomic E-state index is 11.8. The van der Waals surface area contributed by atoms with Gasteiger partial charge in [0, 0.05) is 12.8 Å². The molecule has 1 aliphatic heterocycles. The predicted molar refractivity (Wildman–Crippen MR) is 110 cm³/mol. The molecule has 0 bridgehead atoms. The van der Waals surface area contributed by atoms with Crippen molar-refractivity contribution in [1.82, 2.24) is 0 Å². The van der Waals surface area contributed by atoms with Crippen molar-refractivity contribution in [2.24, 2.45) is 0 Å². The van der Waals surface area contributed by atoms with Gasteiger partial charge in [0.25, 0.3) is 0 Å². The second kappa shape index (κ2) is 17.1. The normalized spacial score (nSPS) is 23.2. The van der Waals surface area contributed by atoms with E-state index in [2.05, 4.69) is 0 Å². The van der Waals surface area contributed by atoms with Crippen LogP contribution in [0.4, 0.5) is 0 Å². The molecule has 3 heteroatoms. The molecule has 1 heterocycles. The van der Waals surface area contributed by atoms with E-state index in [-0.39, 0.29) is 0 Å². The quantitative estimate of drug-likeness (QED) is 0.466. The molecule has 0 aromatic rings. The molecule has 0 radical (unpaired) electrons. The Kier molecular flexibility index (Phi) is 15.6. The minimum atomic E-state index is 0.330. The SMILES string of the molecule is O=C1CCCCCCCCCCCCCCCCCCC(=O)CSC1. The minimum absolute atomic E-state index is 0.330. The largest absolute Gasteiger partial charge is 0.299 e. The summed E-state index contributed by atoms with van der Waals surface area (Å²) in [4.78, 5) is 23.7. The first kappa shape index (κ1) is 22.7. The van der Waals surface area contributed by atoms with E-state index in [1.165, 1.54) is 102 Å². The number of thioether (sulfide) groups is 1. The van der Waals surface area contributed by atoms with Crippen molar-refractivity contribution in [3.63, 3.8) is 0 Å². The van der Waals surface area contributed by atoms with Gasteiger partial charge in [-0.3, -0.25) is 9.59 Å². The Hall–Kier alpha value is -0.310. The van der Waals surface area contributed by atoms with Gasteiger partial charge in [-0.25, -0.2) is 0 Å². The van der Waals surface area contributed by atoms with Crippen LogP contribution in [-0.2, 0) is 9.59 Å². The van der Waals surface area contributed by atoms with E-state index in [4.69, 9.17) is 0 Å². The molecule has 0 N–H and O–H groups in total. The second-order valence-corrected chi connectivity index (χ2v) is 8.71. The van der Waals surface area contributed by atoms with Crippen molar-refractivity contribution in [2.45, 2.75) is 116 Å². The summed E-state index contributed by atoms with van der Waals surface area (Å²) in [5.41, 5.74) is 0. The smallest absolute Gasteiger partial charge is 0.142 e. The summed E-state index contributed by atoms with van der Waals surface area (Å²) in [6.07, 6.45) is 22.2. The van der Waals surface area contributed by atoms with Crippen LogP contribution in [0.2, 0.25) is 0 Å². The molecule has 0 amide bonds. The van der Waals surface area contributed by atoms with E-state index in [1.807, 2.05) is 0 Å². The molecular formula is C22H40O2S. The lowest BCUT2D eigenvalue weighted by Crippen LogP contribution is -2.06. The summed E-state index contributed by atoms with van der Waals surface area (Å²) >= 11 is 1.53. The highest BCUT2D eigenvalue weighted by Gasteiger charge is 2.06. The summed E-state index contributed by atoms with van der Waals surface area (Å²) in [6, 6.07) is 0. The molecule has 1 rings (SSSR count). The van der Waals surface area contributed by atoms with Crippen LogP contribution >= 0.6 is 11.8 Å². The van der Waals surface area contributed by atoms with Crippen molar-refractivity contribution in [1.29, 1.82) is 0 Å². The molecule has 1 saturated heterocycles. The number of carbonyl (C=O) groups excluding carboxylic acids is 2. The van der Waals surface area contributed by atoms with Crippen LogP contribution in [0, 0.1) is 0 Å². The number of ketones is 2. The van der Waals surface area contributed by atoms with E-state index < -0.39 is 0 Å². The Balaban J connectivity index is 2.17. The summed E-state index contributed by atoms with van der Waals surface area (Å²) in [5, 5.41) is 0. The number of Topliss-reactive ketones (excluding diaryl/α,β-unsaturated/α-hetero) is 2. The average molecular weight is 369 g/mol. The molecule has 0 aliphatic carbocycles. The summed E-state index contributed by atoms with van der Waals surface area (Å²) in [7, 11) is 0. The van der Waals surface area contributed by atoms with Crippen LogP contribution in [0.1, 0.15) is 116 Å². The lowest BCUT2D eigenvalue weighted by molar-refractivity contribution is -0.117. The summed E-state index contributed by atoms with van der Waals surface area (Å²) < 4.78 is 0. The fourth-order valence-corrected chi connectivity index (χ4v) is 4.39. The predicted octanol–water partition coefficient (Wildman–Crippen LogP) is 6.89. The van der Waals surface area contributed by atoms with Gasteiger partial charge in [-0.2, -0.15) is 0 Å². The van der Waals surface area contributed by atoms with Gasteiger partial charge in [-0.05, 0) is 12.8 Å². The van der Waals surface area contributed by atoms with E-state index in [0.717, 1.165) is 12.8 Å². The molecule has 1 aliphatic rings. The lowest BCUT2D eigenvalue weighted by atomic mass is 10.0. The van der Waals surface area contributed by atoms with Crippen molar-refractivity contribution >= 4 is 23.3 Å².